The maximum Gasteiger partial charge on any atom is 0.0307 e. The van der Waals surface area contributed by atoms with Crippen LogP contribution in [0.3, 0.4) is 0 Å². The lowest BCUT2D eigenvalue weighted by Crippen LogP contribution is -2.42. The lowest BCUT2D eigenvalue weighted by Gasteiger charge is -2.37. The van der Waals surface area contributed by atoms with Crippen LogP contribution in [0.5, 0.6) is 0 Å². The Morgan fingerprint density at radius 1 is 1.38 bits per heavy atom. The van der Waals surface area contributed by atoms with Crippen LogP contribution in [-0.2, 0) is 0 Å². The molecule has 0 saturated heterocycles. The van der Waals surface area contributed by atoms with Crippen molar-refractivity contribution < 1.29 is 0 Å². The van der Waals surface area contributed by atoms with Gasteiger partial charge in [-0.2, -0.15) is 0 Å². The van der Waals surface area contributed by atoms with Crippen molar-refractivity contribution in [1.29, 1.82) is 0 Å². The van der Waals surface area contributed by atoms with E-state index in [0.717, 1.165) is 12.5 Å². The molecule has 1 rings (SSSR count). The molecule has 0 aliphatic heterocycles. The minimum Gasteiger partial charge on any atom is -0.310 e. The average Bonchev–Trinajstić information content (AvgIpc) is 2.14. The third-order valence-electron chi connectivity index (χ3n) is 3.42. The summed E-state index contributed by atoms with van der Waals surface area (Å²) in [5.74, 6) is 1.54. The van der Waals surface area contributed by atoms with Crippen molar-refractivity contribution in [2.45, 2.75) is 46.1 Å². The van der Waals surface area contributed by atoms with Crippen LogP contribution in [0.2, 0.25) is 0 Å². The van der Waals surface area contributed by atoms with E-state index in [9.17, 15) is 0 Å². The van der Waals surface area contributed by atoms with Gasteiger partial charge in [0, 0.05) is 6.04 Å². The molecule has 0 radical (unpaired) electrons. The van der Waals surface area contributed by atoms with Crippen LogP contribution >= 0.6 is 0 Å². The SMILES string of the molecule is C=C1C(C)CCC(CC)C1NCC. The largest absolute Gasteiger partial charge is 0.310 e. The standard InChI is InChI=1S/C12H23N/c1-5-11-8-7-9(3)10(4)12(11)13-6-2/h9,11-13H,4-8H2,1-3H3. The second kappa shape index (κ2) is 4.80. The Hall–Kier alpha value is -0.300. The smallest absolute Gasteiger partial charge is 0.0307 e. The van der Waals surface area contributed by atoms with E-state index in [1.54, 1.807) is 0 Å². The summed E-state index contributed by atoms with van der Waals surface area (Å²) in [5, 5.41) is 3.57. The third-order valence-corrected chi connectivity index (χ3v) is 3.42. The molecule has 0 amide bonds. The summed E-state index contributed by atoms with van der Waals surface area (Å²) in [5.41, 5.74) is 1.43. The number of hydrogen-bond acceptors (Lipinski definition) is 1. The van der Waals surface area contributed by atoms with Crippen molar-refractivity contribution in [3.05, 3.63) is 12.2 Å². The van der Waals surface area contributed by atoms with Crippen LogP contribution in [0.1, 0.15) is 40.0 Å². The van der Waals surface area contributed by atoms with Crippen LogP contribution in [0.15, 0.2) is 12.2 Å². The number of hydrogen-bond donors (Lipinski definition) is 1. The first-order valence-electron chi connectivity index (χ1n) is 5.62. The van der Waals surface area contributed by atoms with Gasteiger partial charge in [0.05, 0.1) is 0 Å². The van der Waals surface area contributed by atoms with Gasteiger partial charge in [0.15, 0.2) is 0 Å². The van der Waals surface area contributed by atoms with Crippen molar-refractivity contribution in [3.63, 3.8) is 0 Å². The van der Waals surface area contributed by atoms with Crippen LogP contribution in [0.25, 0.3) is 0 Å². The van der Waals surface area contributed by atoms with Crippen molar-refractivity contribution >= 4 is 0 Å². The lowest BCUT2D eigenvalue weighted by molar-refractivity contribution is 0.281. The molecule has 1 heteroatoms. The highest BCUT2D eigenvalue weighted by Gasteiger charge is 2.29. The van der Waals surface area contributed by atoms with Gasteiger partial charge < -0.3 is 5.32 Å². The summed E-state index contributed by atoms with van der Waals surface area (Å²) >= 11 is 0. The fourth-order valence-corrected chi connectivity index (χ4v) is 2.38. The van der Waals surface area contributed by atoms with Crippen LogP contribution in [0.4, 0.5) is 0 Å². The molecule has 76 valence electrons. The number of likely N-dealkylation sites (N-methyl/N-ethyl adjacent to an activating group) is 1. The molecular formula is C12H23N. The van der Waals surface area contributed by atoms with E-state index in [0.29, 0.717) is 12.0 Å². The van der Waals surface area contributed by atoms with Crippen LogP contribution < -0.4 is 5.32 Å². The first-order valence-corrected chi connectivity index (χ1v) is 5.62. The van der Waals surface area contributed by atoms with Gasteiger partial charge in [-0.3, -0.25) is 0 Å². The zero-order valence-electron chi connectivity index (χ0n) is 9.27. The van der Waals surface area contributed by atoms with Crippen LogP contribution in [-0.4, -0.2) is 12.6 Å². The average molecular weight is 181 g/mol. The highest BCUT2D eigenvalue weighted by Crippen LogP contribution is 2.33. The summed E-state index contributed by atoms with van der Waals surface area (Å²) in [4.78, 5) is 0. The van der Waals surface area contributed by atoms with Crippen molar-refractivity contribution in [1.82, 2.24) is 5.32 Å². The molecule has 1 aliphatic rings. The molecule has 0 aromatic rings. The van der Waals surface area contributed by atoms with E-state index in [4.69, 9.17) is 0 Å². The normalized spacial score (nSPS) is 35.0. The van der Waals surface area contributed by atoms with E-state index in [1.807, 2.05) is 0 Å². The van der Waals surface area contributed by atoms with Gasteiger partial charge in [-0.05, 0) is 31.2 Å². The molecule has 1 nitrogen and oxygen atoms in total. The third kappa shape index (κ3) is 2.34. The molecule has 3 atom stereocenters. The lowest BCUT2D eigenvalue weighted by atomic mass is 9.75. The Kier molecular flexibility index (Phi) is 3.98. The van der Waals surface area contributed by atoms with Gasteiger partial charge in [0.2, 0.25) is 0 Å². The minimum absolute atomic E-state index is 0.582. The summed E-state index contributed by atoms with van der Waals surface area (Å²) in [6, 6.07) is 0.582. The zero-order valence-corrected chi connectivity index (χ0v) is 9.27. The Balaban J connectivity index is 2.63. The molecule has 13 heavy (non-hydrogen) atoms. The maximum absolute atomic E-state index is 4.23. The molecule has 1 saturated carbocycles. The molecule has 1 N–H and O–H groups in total. The zero-order chi connectivity index (χ0) is 9.84. The molecule has 1 fully saturated rings. The fraction of sp³-hybridized carbons (Fsp3) is 0.833. The Labute approximate surface area is 82.6 Å². The first-order chi connectivity index (χ1) is 6.20. The second-order valence-electron chi connectivity index (χ2n) is 4.26. The topological polar surface area (TPSA) is 12.0 Å². The Morgan fingerprint density at radius 2 is 2.08 bits per heavy atom. The molecule has 0 bridgehead atoms. The molecule has 0 aromatic heterocycles. The van der Waals surface area contributed by atoms with E-state index < -0.39 is 0 Å². The monoisotopic (exact) mass is 181 g/mol. The molecule has 0 spiro atoms. The van der Waals surface area contributed by atoms with Crippen LogP contribution in [0, 0.1) is 11.8 Å². The molecule has 0 aromatic carbocycles. The molecule has 3 unspecified atom stereocenters. The number of nitrogens with one attached hydrogen (secondary N) is 1. The van der Waals surface area contributed by atoms with Gasteiger partial charge in [-0.1, -0.05) is 39.3 Å². The summed E-state index contributed by atoms with van der Waals surface area (Å²) in [6.45, 7) is 12.1. The Bertz CT molecular complexity index is 174. The summed E-state index contributed by atoms with van der Waals surface area (Å²) in [7, 11) is 0. The van der Waals surface area contributed by atoms with E-state index in [1.165, 1.54) is 24.8 Å². The quantitative estimate of drug-likeness (QED) is 0.660. The molecule has 1 aliphatic carbocycles. The summed E-state index contributed by atoms with van der Waals surface area (Å²) in [6.07, 6.45) is 3.98. The second-order valence-corrected chi connectivity index (χ2v) is 4.26. The van der Waals surface area contributed by atoms with Gasteiger partial charge in [0.25, 0.3) is 0 Å². The number of rotatable bonds is 3. The highest BCUT2D eigenvalue weighted by molar-refractivity contribution is 5.14. The summed E-state index contributed by atoms with van der Waals surface area (Å²) < 4.78 is 0. The predicted molar refractivity (Wildman–Crippen MR) is 58.8 cm³/mol. The first kappa shape index (κ1) is 10.8. The molecular weight excluding hydrogens is 158 g/mol. The molecule has 0 heterocycles. The van der Waals surface area contributed by atoms with Gasteiger partial charge in [-0.25, -0.2) is 0 Å². The van der Waals surface area contributed by atoms with Gasteiger partial charge >= 0.3 is 0 Å². The maximum atomic E-state index is 4.23. The van der Waals surface area contributed by atoms with Gasteiger partial charge in [-0.15, -0.1) is 0 Å². The predicted octanol–water partition coefficient (Wildman–Crippen LogP) is 2.98. The fourth-order valence-electron chi connectivity index (χ4n) is 2.38. The highest BCUT2D eigenvalue weighted by atomic mass is 14.9. The Morgan fingerprint density at radius 3 is 2.62 bits per heavy atom. The van der Waals surface area contributed by atoms with E-state index >= 15 is 0 Å². The van der Waals surface area contributed by atoms with E-state index in [2.05, 4.69) is 32.7 Å². The minimum atomic E-state index is 0.582. The van der Waals surface area contributed by atoms with Crippen molar-refractivity contribution in [2.24, 2.45) is 11.8 Å². The van der Waals surface area contributed by atoms with E-state index in [-0.39, 0.29) is 0 Å². The van der Waals surface area contributed by atoms with Gasteiger partial charge in [0.1, 0.15) is 0 Å². The van der Waals surface area contributed by atoms with Crippen molar-refractivity contribution in [2.75, 3.05) is 6.54 Å². The van der Waals surface area contributed by atoms with Crippen molar-refractivity contribution in [3.8, 4) is 0 Å².